The van der Waals surface area contributed by atoms with Crippen LogP contribution in [-0.4, -0.2) is 60.7 Å². The fourth-order valence-electron chi connectivity index (χ4n) is 6.80. The molecule has 7 N–H and O–H groups in total. The monoisotopic (exact) mass is 860 g/mol. The summed E-state index contributed by atoms with van der Waals surface area (Å²) in [6.07, 6.45) is 5.21. The van der Waals surface area contributed by atoms with E-state index in [0.717, 1.165) is 22.8 Å². The average Bonchev–Trinajstić information content (AvgIpc) is 3.28. The number of pyridine rings is 1. The molecule has 1 atom stereocenters. The van der Waals surface area contributed by atoms with Gasteiger partial charge in [-0.25, -0.2) is 4.79 Å². The van der Waals surface area contributed by atoms with E-state index in [2.05, 4.69) is 20.9 Å². The number of carbonyl (C=O) groups excluding carboxylic acids is 5. The normalized spacial score (nSPS) is 11.6. The first kappa shape index (κ1) is 45.1. The number of ketones is 2. The van der Waals surface area contributed by atoms with Gasteiger partial charge in [-0.3, -0.25) is 29.0 Å². The Morgan fingerprint density at radius 2 is 1.25 bits per heavy atom. The number of aromatic carboxylic acids is 1. The molecule has 0 radical (unpaired) electrons. The van der Waals surface area contributed by atoms with Crippen LogP contribution in [0.2, 0.25) is 0 Å². The summed E-state index contributed by atoms with van der Waals surface area (Å²) >= 11 is 0. The number of nitrogens with one attached hydrogen (secondary N) is 3. The minimum absolute atomic E-state index is 0.0941. The Balaban J connectivity index is 1.08. The molecule has 0 fully saturated rings. The molecule has 0 aliphatic carbocycles. The Hall–Kier alpha value is -8.39. The summed E-state index contributed by atoms with van der Waals surface area (Å²) in [6.45, 7) is 4.66. The molecule has 64 heavy (non-hydrogen) atoms. The zero-order valence-corrected chi connectivity index (χ0v) is 35.0. The summed E-state index contributed by atoms with van der Waals surface area (Å²) in [5.74, 6) is -4.97. The third kappa shape index (κ3) is 11.1. The lowest BCUT2D eigenvalue weighted by Gasteiger charge is -2.17. The van der Waals surface area contributed by atoms with Gasteiger partial charge in [0.1, 0.15) is 22.8 Å². The molecule has 6 aromatic rings. The van der Waals surface area contributed by atoms with Crippen LogP contribution in [0.3, 0.4) is 0 Å². The molecule has 0 unspecified atom stereocenters. The maximum atomic E-state index is 13.7. The quantitative estimate of drug-likeness (QED) is 0.0361. The molecular formula is C50H44N4O10. The van der Waals surface area contributed by atoms with Crippen LogP contribution in [0.25, 0.3) is 6.08 Å². The predicted octanol–water partition coefficient (Wildman–Crippen LogP) is 8.30. The number of anilines is 3. The highest BCUT2D eigenvalue weighted by molar-refractivity contribution is 6.09. The number of nitrogens with zero attached hydrogens (tertiary/aromatic N) is 1. The number of Topliss-reactive ketones (excluding diaryl/α,β-unsaturated/α-hetero) is 2. The molecule has 0 aliphatic heterocycles. The molecule has 1 aromatic heterocycles. The van der Waals surface area contributed by atoms with Gasteiger partial charge in [-0.15, -0.1) is 0 Å². The van der Waals surface area contributed by atoms with E-state index in [4.69, 9.17) is 0 Å². The van der Waals surface area contributed by atoms with E-state index in [1.165, 1.54) is 56.3 Å². The van der Waals surface area contributed by atoms with Crippen molar-refractivity contribution in [3.8, 4) is 17.2 Å². The number of allylic oxidation sites excluding steroid dienone is 1. The van der Waals surface area contributed by atoms with Crippen molar-refractivity contribution in [2.45, 2.75) is 40.0 Å². The van der Waals surface area contributed by atoms with Crippen LogP contribution in [-0.2, 0) is 22.4 Å². The summed E-state index contributed by atoms with van der Waals surface area (Å²) in [4.78, 5) is 82.0. The molecule has 14 heteroatoms. The third-order valence-corrected chi connectivity index (χ3v) is 10.6. The van der Waals surface area contributed by atoms with Crippen LogP contribution in [0, 0.1) is 19.8 Å². The van der Waals surface area contributed by atoms with E-state index in [1.807, 2.05) is 6.07 Å². The number of hydrogen-bond acceptors (Lipinski definition) is 10. The van der Waals surface area contributed by atoms with Gasteiger partial charge in [-0.2, -0.15) is 0 Å². The van der Waals surface area contributed by atoms with Gasteiger partial charge >= 0.3 is 5.97 Å². The van der Waals surface area contributed by atoms with Crippen molar-refractivity contribution in [2.24, 2.45) is 5.92 Å². The van der Waals surface area contributed by atoms with Crippen LogP contribution < -0.4 is 16.0 Å². The molecule has 0 spiro atoms. The minimum Gasteiger partial charge on any atom is -0.508 e. The topological polar surface area (TPSA) is 232 Å². The summed E-state index contributed by atoms with van der Waals surface area (Å²) in [5.41, 5.74) is 3.98. The largest absolute Gasteiger partial charge is 0.508 e. The number of aromatic nitrogens is 1. The smallest absolute Gasteiger partial charge is 0.339 e. The van der Waals surface area contributed by atoms with Gasteiger partial charge < -0.3 is 36.4 Å². The van der Waals surface area contributed by atoms with Crippen molar-refractivity contribution in [1.82, 2.24) is 4.98 Å². The maximum absolute atomic E-state index is 13.7. The number of aromatic hydroxyl groups is 3. The van der Waals surface area contributed by atoms with Crippen LogP contribution in [0.1, 0.15) is 82.6 Å². The second-order valence-corrected chi connectivity index (χ2v) is 15.2. The fourth-order valence-corrected chi connectivity index (χ4v) is 6.80. The van der Waals surface area contributed by atoms with Crippen molar-refractivity contribution in [1.29, 1.82) is 0 Å². The summed E-state index contributed by atoms with van der Waals surface area (Å²) < 4.78 is 0. The zero-order valence-electron chi connectivity index (χ0n) is 35.0. The van der Waals surface area contributed by atoms with E-state index < -0.39 is 41.1 Å². The Kier molecular flexibility index (Phi) is 14.1. The molecule has 5 aromatic carbocycles. The van der Waals surface area contributed by atoms with Crippen molar-refractivity contribution < 1.29 is 49.2 Å². The van der Waals surface area contributed by atoms with Crippen LogP contribution >= 0.6 is 0 Å². The number of phenolic OH excluding ortho intramolecular Hbond substituents is 2. The first-order valence-corrected chi connectivity index (χ1v) is 20.0. The zero-order chi connectivity index (χ0) is 46.1. The highest BCUT2D eigenvalue weighted by atomic mass is 16.4. The Bertz CT molecular complexity index is 2780. The summed E-state index contributed by atoms with van der Waals surface area (Å²) in [6, 6.07) is 28.1. The number of hydrogen-bond donors (Lipinski definition) is 7. The molecule has 14 nitrogen and oxygen atoms in total. The number of carboxylic acids is 1. The van der Waals surface area contributed by atoms with Gasteiger partial charge in [-0.05, 0) is 122 Å². The Labute approximate surface area is 368 Å². The second kappa shape index (κ2) is 20.0. The third-order valence-electron chi connectivity index (χ3n) is 10.6. The fraction of sp³-hybridized carbons (Fsp3) is 0.140. The molecule has 3 amide bonds. The first-order valence-electron chi connectivity index (χ1n) is 20.0. The van der Waals surface area contributed by atoms with Gasteiger partial charge in [-0.1, -0.05) is 42.5 Å². The molecule has 6 rings (SSSR count). The lowest BCUT2D eigenvalue weighted by atomic mass is 9.91. The Morgan fingerprint density at radius 1 is 0.656 bits per heavy atom. The van der Waals surface area contributed by atoms with Crippen LogP contribution in [0.5, 0.6) is 17.2 Å². The highest BCUT2D eigenvalue weighted by Crippen LogP contribution is 2.33. The number of phenols is 3. The molecular weight excluding hydrogens is 817 g/mol. The SMILES string of the molecule is C/C(=C\c1ccc(O)cc1)C(=O)Cc1ccc(C(=O)C[C@@H](Cc2cccnc2)C(=O)Nc2ccc(C(=O)Nc3ccc(C(=O)Nc4ccc(C(=O)O)c(O)c4C)c(O)c3C)cc2)cc1. The maximum Gasteiger partial charge on any atom is 0.339 e. The number of benzene rings is 5. The van der Waals surface area contributed by atoms with Gasteiger partial charge in [0.2, 0.25) is 5.91 Å². The number of amides is 3. The second-order valence-electron chi connectivity index (χ2n) is 15.2. The number of carboxylic acid groups (broad SMARTS) is 1. The van der Waals surface area contributed by atoms with Gasteiger partial charge in [0, 0.05) is 70.5 Å². The minimum atomic E-state index is -1.33. The molecule has 0 aliphatic rings. The molecule has 0 saturated heterocycles. The molecule has 1 heterocycles. The van der Waals surface area contributed by atoms with E-state index in [0.29, 0.717) is 16.8 Å². The van der Waals surface area contributed by atoms with Gasteiger partial charge in [0.15, 0.2) is 11.6 Å². The predicted molar refractivity (Wildman–Crippen MR) is 241 cm³/mol. The van der Waals surface area contributed by atoms with E-state index in [9.17, 15) is 49.2 Å². The average molecular weight is 861 g/mol. The number of rotatable bonds is 16. The summed E-state index contributed by atoms with van der Waals surface area (Å²) in [7, 11) is 0. The van der Waals surface area contributed by atoms with E-state index >= 15 is 0 Å². The van der Waals surface area contributed by atoms with Gasteiger partial charge in [0.25, 0.3) is 11.8 Å². The van der Waals surface area contributed by atoms with Crippen molar-refractivity contribution >= 4 is 58.4 Å². The van der Waals surface area contributed by atoms with Crippen molar-refractivity contribution in [2.75, 3.05) is 16.0 Å². The highest BCUT2D eigenvalue weighted by Gasteiger charge is 2.25. The molecule has 0 bridgehead atoms. The number of carbonyl (C=O) groups is 6. The lowest BCUT2D eigenvalue weighted by Crippen LogP contribution is -2.27. The van der Waals surface area contributed by atoms with Gasteiger partial charge in [0.05, 0.1) is 5.56 Å². The first-order chi connectivity index (χ1) is 30.6. The van der Waals surface area contributed by atoms with Crippen LogP contribution in [0.15, 0.2) is 127 Å². The van der Waals surface area contributed by atoms with Crippen LogP contribution in [0.4, 0.5) is 17.1 Å². The van der Waals surface area contributed by atoms with E-state index in [-0.39, 0.29) is 75.8 Å². The lowest BCUT2D eigenvalue weighted by molar-refractivity contribution is -0.120. The Morgan fingerprint density at radius 3 is 1.86 bits per heavy atom. The standard InChI is InChI=1S/C50H44N4O10/c1-28(23-31-8-16-38(55)17-9-31)43(56)25-32-6-10-34(11-7-32)44(57)26-36(24-33-5-4-22-51-27-33)48(61)52-37-14-12-35(13-15-37)47(60)53-41-20-18-39(45(58)29(41)2)49(62)54-42-21-19-40(50(63)64)46(59)30(42)3/h4-23,27,36,55,58-59H,24-26H2,1-3H3,(H,52,61)(H,53,60)(H,54,62)(H,63,64)/b28-23+/t36-/m1/s1. The van der Waals surface area contributed by atoms with E-state index in [1.54, 1.807) is 80.0 Å². The molecule has 0 saturated carbocycles. The molecule has 324 valence electrons. The van der Waals surface area contributed by atoms with Crippen molar-refractivity contribution in [3.05, 3.63) is 177 Å². The summed E-state index contributed by atoms with van der Waals surface area (Å²) in [5, 5.41) is 48.0. The van der Waals surface area contributed by atoms with Crippen molar-refractivity contribution in [3.63, 3.8) is 0 Å².